The van der Waals surface area contributed by atoms with Gasteiger partial charge in [-0.05, 0) is 57.0 Å². The minimum atomic E-state index is -0.315. The number of aryl methyl sites for hydroxylation is 2. The van der Waals surface area contributed by atoms with E-state index in [4.69, 9.17) is 0 Å². The number of carbonyl (C=O) groups excluding carboxylic acids is 2. The molecule has 1 aliphatic rings. The van der Waals surface area contributed by atoms with Gasteiger partial charge in [0.1, 0.15) is 5.82 Å². The summed E-state index contributed by atoms with van der Waals surface area (Å²) in [5.41, 5.74) is 5.16. The van der Waals surface area contributed by atoms with Crippen LogP contribution in [0.1, 0.15) is 36.5 Å². The fraction of sp³-hybridized carbons (Fsp3) is 0.333. The summed E-state index contributed by atoms with van der Waals surface area (Å²) < 4.78 is 15.3. The quantitative estimate of drug-likeness (QED) is 0.182. The number of benzene rings is 3. The van der Waals surface area contributed by atoms with Crippen LogP contribution in [-0.4, -0.2) is 67.8 Å². The average molecular weight is 586 g/mol. The Hall–Kier alpha value is -3.98. The minimum Gasteiger partial charge on any atom is -0.339 e. The van der Waals surface area contributed by atoms with Crippen molar-refractivity contribution < 1.29 is 14.0 Å². The predicted molar refractivity (Wildman–Crippen MR) is 164 cm³/mol. The molecule has 42 heavy (non-hydrogen) atoms. The van der Waals surface area contributed by atoms with Crippen molar-refractivity contribution in [1.82, 2.24) is 24.6 Å². The zero-order valence-electron chi connectivity index (χ0n) is 24.3. The second-order valence-electron chi connectivity index (χ2n) is 10.9. The van der Waals surface area contributed by atoms with E-state index >= 15 is 0 Å². The summed E-state index contributed by atoms with van der Waals surface area (Å²) >= 11 is 1.60. The molecule has 3 aromatic carbocycles. The number of nitrogens with zero attached hydrogens (tertiary/aromatic N) is 5. The first-order valence-corrected chi connectivity index (χ1v) is 15.3. The molecule has 0 spiro atoms. The Bertz CT molecular complexity index is 1520. The van der Waals surface area contributed by atoms with Crippen LogP contribution in [0.2, 0.25) is 0 Å². The molecule has 4 aromatic rings. The van der Waals surface area contributed by atoms with E-state index in [9.17, 15) is 14.0 Å². The smallest absolute Gasteiger partial charge is 0.227 e. The van der Waals surface area contributed by atoms with Crippen LogP contribution in [-0.2, 0) is 16.0 Å². The summed E-state index contributed by atoms with van der Waals surface area (Å²) in [6, 6.07) is 22.5. The molecule has 0 bridgehead atoms. The number of hydrogen-bond donors (Lipinski definition) is 0. The molecule has 1 saturated heterocycles. The second-order valence-corrected chi connectivity index (χ2v) is 11.9. The number of amides is 2. The number of rotatable bonds is 9. The Morgan fingerprint density at radius 3 is 2.21 bits per heavy atom. The number of carbonyl (C=O) groups is 2. The molecule has 218 valence electrons. The lowest BCUT2D eigenvalue weighted by Gasteiger charge is -2.40. The van der Waals surface area contributed by atoms with Crippen LogP contribution >= 0.6 is 11.8 Å². The first kappa shape index (κ1) is 29.5. The van der Waals surface area contributed by atoms with Gasteiger partial charge in [-0.1, -0.05) is 71.4 Å². The first-order chi connectivity index (χ1) is 20.3. The van der Waals surface area contributed by atoms with Crippen LogP contribution in [0.5, 0.6) is 0 Å². The number of halogens is 1. The molecule has 1 fully saturated rings. The third kappa shape index (κ3) is 7.07. The average Bonchev–Trinajstić information content (AvgIpc) is 3.40. The Balaban J connectivity index is 1.15. The van der Waals surface area contributed by atoms with Gasteiger partial charge in [0, 0.05) is 49.1 Å². The van der Waals surface area contributed by atoms with E-state index in [2.05, 4.69) is 77.1 Å². The Morgan fingerprint density at radius 1 is 0.881 bits per heavy atom. The standard InChI is InChI=1S/C33H36FN5O2S/c1-23-6-12-27(13-7-23)32-35-36-33(39(32)29-16-8-24(2)9-17-29)42-20-4-5-30(40)37-18-19-38(25(3)22-37)31(41)21-26-10-14-28(34)15-11-26/h6-17,25H,4-5,18-22H2,1-3H3. The van der Waals surface area contributed by atoms with Crippen LogP contribution in [0, 0.1) is 19.7 Å². The minimum absolute atomic E-state index is 0.000280. The van der Waals surface area contributed by atoms with Gasteiger partial charge in [-0.15, -0.1) is 10.2 Å². The Kier molecular flexibility index (Phi) is 9.37. The summed E-state index contributed by atoms with van der Waals surface area (Å²) in [6.07, 6.45) is 1.38. The van der Waals surface area contributed by atoms with E-state index < -0.39 is 0 Å². The summed E-state index contributed by atoms with van der Waals surface area (Å²) in [6.45, 7) is 7.64. The highest BCUT2D eigenvalue weighted by molar-refractivity contribution is 7.99. The van der Waals surface area contributed by atoms with E-state index in [1.54, 1.807) is 23.9 Å². The van der Waals surface area contributed by atoms with Crippen LogP contribution in [0.4, 0.5) is 4.39 Å². The second kappa shape index (κ2) is 13.3. The van der Waals surface area contributed by atoms with Crippen molar-refractivity contribution in [2.45, 2.75) is 51.2 Å². The zero-order valence-corrected chi connectivity index (χ0v) is 25.1. The first-order valence-electron chi connectivity index (χ1n) is 14.3. The molecule has 0 radical (unpaired) electrons. The number of aromatic nitrogens is 3. The van der Waals surface area contributed by atoms with Crippen LogP contribution in [0.15, 0.2) is 78.0 Å². The molecule has 1 aliphatic heterocycles. The van der Waals surface area contributed by atoms with Crippen molar-refractivity contribution >= 4 is 23.6 Å². The van der Waals surface area contributed by atoms with E-state index in [1.165, 1.54) is 23.3 Å². The number of piperazine rings is 1. The van der Waals surface area contributed by atoms with Gasteiger partial charge in [0.15, 0.2) is 11.0 Å². The van der Waals surface area contributed by atoms with Crippen molar-refractivity contribution in [2.75, 3.05) is 25.4 Å². The van der Waals surface area contributed by atoms with Crippen LogP contribution < -0.4 is 0 Å². The van der Waals surface area contributed by atoms with Gasteiger partial charge >= 0.3 is 0 Å². The van der Waals surface area contributed by atoms with Crippen LogP contribution in [0.3, 0.4) is 0 Å². The highest BCUT2D eigenvalue weighted by Crippen LogP contribution is 2.29. The van der Waals surface area contributed by atoms with Crippen molar-refractivity contribution in [1.29, 1.82) is 0 Å². The molecule has 7 nitrogen and oxygen atoms in total. The largest absolute Gasteiger partial charge is 0.339 e. The van der Waals surface area contributed by atoms with Crippen molar-refractivity contribution in [3.8, 4) is 17.1 Å². The van der Waals surface area contributed by atoms with Crippen molar-refractivity contribution in [3.05, 3.63) is 95.3 Å². The molecule has 1 unspecified atom stereocenters. The maximum atomic E-state index is 13.2. The summed E-state index contributed by atoms with van der Waals surface area (Å²) in [5.74, 6) is 1.31. The predicted octanol–water partition coefficient (Wildman–Crippen LogP) is 5.86. The molecule has 1 aromatic heterocycles. The molecule has 0 aliphatic carbocycles. The SMILES string of the molecule is Cc1ccc(-c2nnc(SCCCC(=O)N3CCN(C(=O)Cc4ccc(F)cc4)C(C)C3)n2-c2ccc(C)cc2)cc1. The maximum Gasteiger partial charge on any atom is 0.227 e. The fourth-order valence-electron chi connectivity index (χ4n) is 5.16. The van der Waals surface area contributed by atoms with Gasteiger partial charge < -0.3 is 9.80 Å². The summed E-state index contributed by atoms with van der Waals surface area (Å²) in [5, 5.41) is 9.84. The molecule has 1 atom stereocenters. The van der Waals surface area contributed by atoms with Crippen LogP contribution in [0.25, 0.3) is 17.1 Å². The Labute approximate surface area is 250 Å². The van der Waals surface area contributed by atoms with E-state index in [1.807, 2.05) is 16.7 Å². The molecule has 5 rings (SSSR count). The lowest BCUT2D eigenvalue weighted by molar-refractivity contribution is -0.142. The Morgan fingerprint density at radius 2 is 1.55 bits per heavy atom. The van der Waals surface area contributed by atoms with Gasteiger partial charge in [0.25, 0.3) is 0 Å². The summed E-state index contributed by atoms with van der Waals surface area (Å²) in [7, 11) is 0. The number of hydrogen-bond acceptors (Lipinski definition) is 5. The lowest BCUT2D eigenvalue weighted by atomic mass is 10.1. The third-order valence-corrected chi connectivity index (χ3v) is 8.59. The summed E-state index contributed by atoms with van der Waals surface area (Å²) in [4.78, 5) is 29.6. The monoisotopic (exact) mass is 585 g/mol. The topological polar surface area (TPSA) is 71.3 Å². The highest BCUT2D eigenvalue weighted by Gasteiger charge is 2.29. The van der Waals surface area contributed by atoms with E-state index in [0.29, 0.717) is 32.5 Å². The lowest BCUT2D eigenvalue weighted by Crippen LogP contribution is -2.55. The normalized spacial score (nSPS) is 15.2. The van der Waals surface area contributed by atoms with Gasteiger partial charge in [0.2, 0.25) is 11.8 Å². The third-order valence-electron chi connectivity index (χ3n) is 7.57. The van der Waals surface area contributed by atoms with Gasteiger partial charge in [-0.3, -0.25) is 14.2 Å². The molecule has 0 N–H and O–H groups in total. The molecular formula is C33H36FN5O2S. The van der Waals surface area contributed by atoms with Gasteiger partial charge in [-0.25, -0.2) is 4.39 Å². The molecule has 2 amide bonds. The fourth-order valence-corrected chi connectivity index (χ4v) is 6.05. The van der Waals surface area contributed by atoms with Crippen molar-refractivity contribution in [3.63, 3.8) is 0 Å². The van der Waals surface area contributed by atoms with Crippen molar-refractivity contribution in [2.24, 2.45) is 0 Å². The van der Waals surface area contributed by atoms with E-state index in [-0.39, 0.29) is 30.1 Å². The van der Waals surface area contributed by atoms with Gasteiger partial charge in [-0.2, -0.15) is 0 Å². The molecule has 2 heterocycles. The highest BCUT2D eigenvalue weighted by atomic mass is 32.2. The maximum absolute atomic E-state index is 13.2. The zero-order chi connectivity index (χ0) is 29.6. The van der Waals surface area contributed by atoms with E-state index in [0.717, 1.165) is 33.5 Å². The molecule has 0 saturated carbocycles. The number of thioether (sulfide) groups is 1. The molecular weight excluding hydrogens is 549 g/mol. The molecule has 9 heteroatoms. The van der Waals surface area contributed by atoms with Gasteiger partial charge in [0.05, 0.1) is 6.42 Å².